The lowest BCUT2D eigenvalue weighted by atomic mass is 9.92. The summed E-state index contributed by atoms with van der Waals surface area (Å²) in [6.45, 7) is 7.72. The van der Waals surface area contributed by atoms with E-state index in [1.54, 1.807) is 0 Å². The van der Waals surface area contributed by atoms with Gasteiger partial charge in [0.1, 0.15) is 0 Å². The highest BCUT2D eigenvalue weighted by atomic mass is 16.5. The molecule has 0 amide bonds. The molecule has 1 atom stereocenters. The fourth-order valence-electron chi connectivity index (χ4n) is 2.82. The van der Waals surface area contributed by atoms with E-state index >= 15 is 0 Å². The third kappa shape index (κ3) is 3.72. The van der Waals surface area contributed by atoms with Gasteiger partial charge in [-0.1, -0.05) is 0 Å². The average Bonchev–Trinajstić information content (AvgIpc) is 2.31. The molecule has 3 nitrogen and oxygen atoms in total. The summed E-state index contributed by atoms with van der Waals surface area (Å²) in [5, 5.41) is 7.12. The molecular weight excluding hydrogens is 200 g/mol. The predicted molar refractivity (Wildman–Crippen MR) is 66.7 cm³/mol. The average molecular weight is 226 g/mol. The van der Waals surface area contributed by atoms with E-state index in [1.807, 2.05) is 0 Å². The van der Waals surface area contributed by atoms with Gasteiger partial charge < -0.3 is 15.4 Å². The first-order valence-corrected chi connectivity index (χ1v) is 6.82. The SMILES string of the molecule is CC1(NCCC2CCNCC2)CCCOC1. The Hall–Kier alpha value is -0.120. The largest absolute Gasteiger partial charge is 0.380 e. The topological polar surface area (TPSA) is 33.3 Å². The van der Waals surface area contributed by atoms with Gasteiger partial charge in [-0.15, -0.1) is 0 Å². The molecule has 0 spiro atoms. The van der Waals surface area contributed by atoms with Crippen molar-refractivity contribution in [1.82, 2.24) is 10.6 Å². The fourth-order valence-corrected chi connectivity index (χ4v) is 2.82. The number of piperidine rings is 1. The third-order valence-electron chi connectivity index (χ3n) is 4.00. The van der Waals surface area contributed by atoms with Crippen LogP contribution in [0.1, 0.15) is 39.0 Å². The summed E-state index contributed by atoms with van der Waals surface area (Å²) >= 11 is 0. The second-order valence-corrected chi connectivity index (χ2v) is 5.63. The highest BCUT2D eigenvalue weighted by Gasteiger charge is 2.26. The minimum absolute atomic E-state index is 0.241. The second-order valence-electron chi connectivity index (χ2n) is 5.63. The van der Waals surface area contributed by atoms with Crippen molar-refractivity contribution in [1.29, 1.82) is 0 Å². The van der Waals surface area contributed by atoms with Gasteiger partial charge in [-0.3, -0.25) is 0 Å². The van der Waals surface area contributed by atoms with Crippen molar-refractivity contribution >= 4 is 0 Å². The predicted octanol–water partition coefficient (Wildman–Crippen LogP) is 1.53. The molecule has 2 rings (SSSR count). The summed E-state index contributed by atoms with van der Waals surface area (Å²) in [5.74, 6) is 0.932. The van der Waals surface area contributed by atoms with Gasteiger partial charge >= 0.3 is 0 Å². The molecule has 0 radical (unpaired) electrons. The molecule has 0 aromatic rings. The molecular formula is C13H26N2O. The summed E-state index contributed by atoms with van der Waals surface area (Å²) in [7, 11) is 0. The number of hydrogen-bond donors (Lipinski definition) is 2. The van der Waals surface area contributed by atoms with Crippen LogP contribution in [0.4, 0.5) is 0 Å². The highest BCUT2D eigenvalue weighted by Crippen LogP contribution is 2.20. The molecule has 16 heavy (non-hydrogen) atoms. The van der Waals surface area contributed by atoms with Gasteiger partial charge in [-0.25, -0.2) is 0 Å². The zero-order chi connectivity index (χ0) is 11.3. The van der Waals surface area contributed by atoms with E-state index in [4.69, 9.17) is 4.74 Å². The molecule has 3 heteroatoms. The first kappa shape index (κ1) is 12.3. The van der Waals surface area contributed by atoms with E-state index in [9.17, 15) is 0 Å². The molecule has 0 aliphatic carbocycles. The monoisotopic (exact) mass is 226 g/mol. The molecule has 2 aliphatic rings. The summed E-state index contributed by atoms with van der Waals surface area (Å²) < 4.78 is 5.56. The Morgan fingerprint density at radius 2 is 2.19 bits per heavy atom. The van der Waals surface area contributed by atoms with Gasteiger partial charge in [0.2, 0.25) is 0 Å². The van der Waals surface area contributed by atoms with Gasteiger partial charge in [0, 0.05) is 12.1 Å². The van der Waals surface area contributed by atoms with Crippen LogP contribution in [-0.2, 0) is 4.74 Å². The third-order valence-corrected chi connectivity index (χ3v) is 4.00. The Labute approximate surface area is 99.3 Å². The molecule has 2 N–H and O–H groups in total. The molecule has 0 bridgehead atoms. The number of ether oxygens (including phenoxy) is 1. The van der Waals surface area contributed by atoms with Crippen LogP contribution in [0.2, 0.25) is 0 Å². The summed E-state index contributed by atoms with van der Waals surface area (Å²) in [4.78, 5) is 0. The van der Waals surface area contributed by atoms with Crippen molar-refractivity contribution in [3.63, 3.8) is 0 Å². The summed E-state index contributed by atoms with van der Waals surface area (Å²) in [6, 6.07) is 0. The lowest BCUT2D eigenvalue weighted by molar-refractivity contribution is 0.0280. The standard InChI is InChI=1S/C13H26N2O/c1-13(6-2-10-16-11-13)15-9-5-12-3-7-14-8-4-12/h12,14-15H,2-11H2,1H3. The smallest absolute Gasteiger partial charge is 0.0645 e. The minimum Gasteiger partial charge on any atom is -0.380 e. The van der Waals surface area contributed by atoms with Crippen LogP contribution in [0.5, 0.6) is 0 Å². The zero-order valence-corrected chi connectivity index (χ0v) is 10.6. The number of rotatable bonds is 4. The van der Waals surface area contributed by atoms with Gasteiger partial charge in [0.25, 0.3) is 0 Å². The number of nitrogens with one attached hydrogen (secondary N) is 2. The van der Waals surface area contributed by atoms with Crippen molar-refractivity contribution in [2.75, 3.05) is 32.8 Å². The van der Waals surface area contributed by atoms with E-state index in [0.29, 0.717) is 0 Å². The second kappa shape index (κ2) is 5.99. The Balaban J connectivity index is 1.62. The molecule has 2 fully saturated rings. The van der Waals surface area contributed by atoms with Gasteiger partial charge in [0.05, 0.1) is 6.61 Å². The first-order valence-electron chi connectivity index (χ1n) is 6.82. The molecule has 94 valence electrons. The maximum absolute atomic E-state index is 5.56. The van der Waals surface area contributed by atoms with E-state index in [2.05, 4.69) is 17.6 Å². The van der Waals surface area contributed by atoms with Crippen LogP contribution >= 0.6 is 0 Å². The minimum atomic E-state index is 0.241. The maximum atomic E-state index is 5.56. The molecule has 0 aromatic carbocycles. The molecule has 0 saturated carbocycles. The van der Waals surface area contributed by atoms with Crippen molar-refractivity contribution in [2.45, 2.75) is 44.6 Å². The van der Waals surface area contributed by atoms with Crippen LogP contribution < -0.4 is 10.6 Å². The summed E-state index contributed by atoms with van der Waals surface area (Å²) in [6.07, 6.45) is 6.51. The van der Waals surface area contributed by atoms with Crippen LogP contribution in [0.15, 0.2) is 0 Å². The van der Waals surface area contributed by atoms with Gasteiger partial charge in [-0.2, -0.15) is 0 Å². The molecule has 2 heterocycles. The quantitative estimate of drug-likeness (QED) is 0.763. The zero-order valence-electron chi connectivity index (χ0n) is 10.6. The molecule has 1 unspecified atom stereocenters. The van der Waals surface area contributed by atoms with Crippen LogP contribution in [0, 0.1) is 5.92 Å². The van der Waals surface area contributed by atoms with Gasteiger partial charge in [-0.05, 0) is 64.6 Å². The first-order chi connectivity index (χ1) is 7.79. The number of hydrogen-bond acceptors (Lipinski definition) is 3. The Kier molecular flexibility index (Phi) is 4.62. The normalized spacial score (nSPS) is 32.8. The van der Waals surface area contributed by atoms with Crippen molar-refractivity contribution in [2.24, 2.45) is 5.92 Å². The van der Waals surface area contributed by atoms with E-state index in [0.717, 1.165) is 25.7 Å². The van der Waals surface area contributed by atoms with Crippen molar-refractivity contribution < 1.29 is 4.74 Å². The van der Waals surface area contributed by atoms with Crippen LogP contribution in [0.25, 0.3) is 0 Å². The van der Waals surface area contributed by atoms with E-state index < -0.39 is 0 Å². The molecule has 2 saturated heterocycles. The lowest BCUT2D eigenvalue weighted by Crippen LogP contribution is -2.49. The van der Waals surface area contributed by atoms with Crippen molar-refractivity contribution in [3.05, 3.63) is 0 Å². The fraction of sp³-hybridized carbons (Fsp3) is 1.00. The van der Waals surface area contributed by atoms with Crippen LogP contribution in [0.3, 0.4) is 0 Å². The van der Waals surface area contributed by atoms with Crippen LogP contribution in [-0.4, -0.2) is 38.4 Å². The Morgan fingerprint density at radius 1 is 1.38 bits per heavy atom. The van der Waals surface area contributed by atoms with Gasteiger partial charge in [0.15, 0.2) is 0 Å². The molecule has 0 aromatic heterocycles. The maximum Gasteiger partial charge on any atom is 0.0645 e. The van der Waals surface area contributed by atoms with E-state index in [1.165, 1.54) is 45.2 Å². The lowest BCUT2D eigenvalue weighted by Gasteiger charge is -2.35. The van der Waals surface area contributed by atoms with Crippen molar-refractivity contribution in [3.8, 4) is 0 Å². The summed E-state index contributed by atoms with van der Waals surface area (Å²) in [5.41, 5.74) is 0.241. The Bertz CT molecular complexity index is 196. The van der Waals surface area contributed by atoms with E-state index in [-0.39, 0.29) is 5.54 Å². The molecule has 2 aliphatic heterocycles. The highest BCUT2D eigenvalue weighted by molar-refractivity contribution is 4.85. The Morgan fingerprint density at radius 3 is 2.88 bits per heavy atom.